The summed E-state index contributed by atoms with van der Waals surface area (Å²) in [4.78, 5) is 16.5. The number of carbonyl (C=O) groups is 1. The quantitative estimate of drug-likeness (QED) is 0.710. The molecule has 0 aliphatic carbocycles. The van der Waals surface area contributed by atoms with E-state index in [1.807, 2.05) is 4.90 Å². The Hall–Kier alpha value is -0.610. The molecule has 1 aliphatic heterocycles. The molecule has 1 saturated heterocycles. The maximum Gasteiger partial charge on any atom is 0.222 e. The molecule has 124 valence electrons. The summed E-state index contributed by atoms with van der Waals surface area (Å²) >= 11 is 0. The maximum absolute atomic E-state index is 12.0. The Morgan fingerprint density at radius 2 is 1.95 bits per heavy atom. The van der Waals surface area contributed by atoms with Crippen LogP contribution in [0.3, 0.4) is 0 Å². The largest absolute Gasteiger partial charge is 0.343 e. The average molecular weight is 297 g/mol. The van der Waals surface area contributed by atoms with Gasteiger partial charge in [0.25, 0.3) is 0 Å². The second-order valence-corrected chi connectivity index (χ2v) is 6.41. The van der Waals surface area contributed by atoms with E-state index in [0.717, 1.165) is 39.1 Å². The fourth-order valence-corrected chi connectivity index (χ4v) is 3.09. The Labute approximate surface area is 131 Å². The van der Waals surface area contributed by atoms with Crippen molar-refractivity contribution in [3.63, 3.8) is 0 Å². The minimum atomic E-state index is 0.305. The van der Waals surface area contributed by atoms with Gasteiger partial charge in [-0.3, -0.25) is 9.69 Å². The van der Waals surface area contributed by atoms with Crippen molar-refractivity contribution < 1.29 is 4.79 Å². The second kappa shape index (κ2) is 10.2. The molecule has 1 fully saturated rings. The van der Waals surface area contributed by atoms with Crippen LogP contribution in [0, 0.1) is 0 Å². The molecule has 4 nitrogen and oxygen atoms in total. The molecule has 1 N–H and O–H groups in total. The zero-order valence-electron chi connectivity index (χ0n) is 14.5. The van der Waals surface area contributed by atoms with E-state index in [4.69, 9.17) is 0 Å². The highest BCUT2D eigenvalue weighted by Crippen LogP contribution is 2.11. The first-order valence-electron chi connectivity index (χ1n) is 8.83. The molecule has 21 heavy (non-hydrogen) atoms. The van der Waals surface area contributed by atoms with E-state index in [1.54, 1.807) is 0 Å². The molecule has 0 bridgehead atoms. The van der Waals surface area contributed by atoms with Crippen molar-refractivity contribution in [2.75, 3.05) is 32.7 Å². The predicted octanol–water partition coefficient (Wildman–Crippen LogP) is 2.49. The lowest BCUT2D eigenvalue weighted by atomic mass is 10.0. The minimum absolute atomic E-state index is 0.305. The highest BCUT2D eigenvalue weighted by molar-refractivity contribution is 5.76. The Balaban J connectivity index is 2.32. The molecule has 1 atom stereocenters. The smallest absolute Gasteiger partial charge is 0.222 e. The molecule has 1 rings (SSSR count). The van der Waals surface area contributed by atoms with Gasteiger partial charge < -0.3 is 10.2 Å². The third kappa shape index (κ3) is 6.79. The monoisotopic (exact) mass is 297 g/mol. The number of carbonyl (C=O) groups excluding carboxylic acids is 1. The van der Waals surface area contributed by atoms with Gasteiger partial charge in [0.15, 0.2) is 0 Å². The van der Waals surface area contributed by atoms with Crippen molar-refractivity contribution in [3.05, 3.63) is 0 Å². The first-order valence-corrected chi connectivity index (χ1v) is 8.83. The van der Waals surface area contributed by atoms with Crippen LogP contribution in [-0.4, -0.2) is 60.5 Å². The summed E-state index contributed by atoms with van der Waals surface area (Å²) in [6.07, 6.45) is 5.62. The number of hydrogen-bond acceptors (Lipinski definition) is 3. The van der Waals surface area contributed by atoms with Gasteiger partial charge in [-0.2, -0.15) is 0 Å². The SMILES string of the molecule is CCN(CC)C(=O)CCCN(CC1CCCCN1)C(C)C. The van der Waals surface area contributed by atoms with Gasteiger partial charge in [-0.05, 0) is 60.0 Å². The van der Waals surface area contributed by atoms with E-state index < -0.39 is 0 Å². The van der Waals surface area contributed by atoms with Gasteiger partial charge in [-0.25, -0.2) is 0 Å². The third-order valence-corrected chi connectivity index (χ3v) is 4.55. The Morgan fingerprint density at radius 1 is 1.24 bits per heavy atom. The van der Waals surface area contributed by atoms with Crippen LogP contribution in [0.1, 0.15) is 59.8 Å². The lowest BCUT2D eigenvalue weighted by molar-refractivity contribution is -0.131. The molecule has 1 unspecified atom stereocenters. The summed E-state index contributed by atoms with van der Waals surface area (Å²) < 4.78 is 0. The third-order valence-electron chi connectivity index (χ3n) is 4.55. The summed E-state index contributed by atoms with van der Waals surface area (Å²) in [6, 6.07) is 1.19. The average Bonchev–Trinajstić information content (AvgIpc) is 2.48. The van der Waals surface area contributed by atoms with Crippen molar-refractivity contribution in [2.45, 2.75) is 71.9 Å². The van der Waals surface area contributed by atoms with Gasteiger partial charge in [-0.1, -0.05) is 6.42 Å². The zero-order valence-corrected chi connectivity index (χ0v) is 14.5. The number of nitrogens with zero attached hydrogens (tertiary/aromatic N) is 2. The molecule has 0 aromatic rings. The first kappa shape index (κ1) is 18.4. The van der Waals surface area contributed by atoms with Crippen molar-refractivity contribution in [3.8, 4) is 0 Å². The van der Waals surface area contributed by atoms with E-state index in [0.29, 0.717) is 24.4 Å². The zero-order chi connectivity index (χ0) is 15.7. The van der Waals surface area contributed by atoms with Crippen LogP contribution < -0.4 is 5.32 Å². The molecule has 4 heteroatoms. The highest BCUT2D eigenvalue weighted by atomic mass is 16.2. The molecule has 0 aromatic heterocycles. The normalized spacial score (nSPS) is 19.2. The van der Waals surface area contributed by atoms with E-state index in [1.165, 1.54) is 19.3 Å². The Morgan fingerprint density at radius 3 is 2.48 bits per heavy atom. The fraction of sp³-hybridized carbons (Fsp3) is 0.941. The van der Waals surface area contributed by atoms with Gasteiger partial charge >= 0.3 is 0 Å². The number of rotatable bonds is 9. The van der Waals surface area contributed by atoms with E-state index in [9.17, 15) is 4.79 Å². The summed E-state index contributed by atoms with van der Waals surface area (Å²) in [5, 5.41) is 3.62. The lowest BCUT2D eigenvalue weighted by Crippen LogP contribution is -2.46. The van der Waals surface area contributed by atoms with Gasteiger partial charge in [0.05, 0.1) is 0 Å². The predicted molar refractivity (Wildman–Crippen MR) is 89.5 cm³/mol. The lowest BCUT2D eigenvalue weighted by Gasteiger charge is -2.33. The van der Waals surface area contributed by atoms with Crippen LogP contribution in [0.5, 0.6) is 0 Å². The standard InChI is InChI=1S/C17H35N3O/c1-5-19(6-2)17(21)11-9-13-20(15(3)4)14-16-10-7-8-12-18-16/h15-16,18H,5-14H2,1-4H3. The van der Waals surface area contributed by atoms with Crippen LogP contribution in [0.2, 0.25) is 0 Å². The summed E-state index contributed by atoms with van der Waals surface area (Å²) in [7, 11) is 0. The van der Waals surface area contributed by atoms with Crippen LogP contribution in [0.25, 0.3) is 0 Å². The molecule has 1 amide bonds. The fourth-order valence-electron chi connectivity index (χ4n) is 3.09. The first-order chi connectivity index (χ1) is 10.1. The number of amides is 1. The van der Waals surface area contributed by atoms with E-state index in [2.05, 4.69) is 37.9 Å². The van der Waals surface area contributed by atoms with Crippen LogP contribution in [0.15, 0.2) is 0 Å². The van der Waals surface area contributed by atoms with Gasteiger partial charge in [0.2, 0.25) is 5.91 Å². The molecule has 0 saturated carbocycles. The van der Waals surface area contributed by atoms with Crippen molar-refractivity contribution in [1.29, 1.82) is 0 Å². The molecule has 0 aromatic carbocycles. The van der Waals surface area contributed by atoms with Crippen LogP contribution in [0.4, 0.5) is 0 Å². The molecule has 1 heterocycles. The Bertz CT molecular complexity index is 284. The second-order valence-electron chi connectivity index (χ2n) is 6.41. The van der Waals surface area contributed by atoms with Crippen molar-refractivity contribution >= 4 is 5.91 Å². The topological polar surface area (TPSA) is 35.6 Å². The number of hydrogen-bond donors (Lipinski definition) is 1. The van der Waals surface area contributed by atoms with Gasteiger partial charge in [-0.15, -0.1) is 0 Å². The van der Waals surface area contributed by atoms with Crippen LogP contribution in [-0.2, 0) is 4.79 Å². The van der Waals surface area contributed by atoms with Crippen LogP contribution >= 0.6 is 0 Å². The molecule has 0 spiro atoms. The maximum atomic E-state index is 12.0. The molecular weight excluding hydrogens is 262 g/mol. The summed E-state index contributed by atoms with van der Waals surface area (Å²) in [5.41, 5.74) is 0. The van der Waals surface area contributed by atoms with Crippen molar-refractivity contribution in [1.82, 2.24) is 15.1 Å². The molecule has 0 radical (unpaired) electrons. The van der Waals surface area contributed by atoms with Crippen molar-refractivity contribution in [2.24, 2.45) is 0 Å². The van der Waals surface area contributed by atoms with Gasteiger partial charge in [0.1, 0.15) is 0 Å². The molecular formula is C17H35N3O. The Kier molecular flexibility index (Phi) is 8.93. The number of piperidine rings is 1. The minimum Gasteiger partial charge on any atom is -0.343 e. The summed E-state index contributed by atoms with van der Waals surface area (Å²) in [6.45, 7) is 13.6. The highest BCUT2D eigenvalue weighted by Gasteiger charge is 2.19. The number of nitrogens with one attached hydrogen (secondary N) is 1. The van der Waals surface area contributed by atoms with Gasteiger partial charge in [0, 0.05) is 38.1 Å². The summed E-state index contributed by atoms with van der Waals surface area (Å²) in [5.74, 6) is 0.305. The molecule has 1 aliphatic rings. The van der Waals surface area contributed by atoms with E-state index in [-0.39, 0.29) is 0 Å². The van der Waals surface area contributed by atoms with E-state index >= 15 is 0 Å².